The van der Waals surface area contributed by atoms with Gasteiger partial charge < -0.3 is 10.5 Å². The third-order valence-corrected chi connectivity index (χ3v) is 2.71. The first-order valence-electron chi connectivity index (χ1n) is 5.07. The van der Waals surface area contributed by atoms with Crippen molar-refractivity contribution in [1.29, 1.82) is 0 Å². The maximum Gasteiger partial charge on any atom is 0.224 e. The van der Waals surface area contributed by atoms with Crippen LogP contribution in [0.5, 0.6) is 11.6 Å². The van der Waals surface area contributed by atoms with Crippen molar-refractivity contribution >= 4 is 15.9 Å². The van der Waals surface area contributed by atoms with Crippen molar-refractivity contribution in [3.8, 4) is 11.6 Å². The zero-order valence-corrected chi connectivity index (χ0v) is 10.7. The molecule has 0 aliphatic carbocycles. The number of halogens is 3. The van der Waals surface area contributed by atoms with Gasteiger partial charge in [0.1, 0.15) is 5.82 Å². The molecular formula is C12H9BrF2N2O. The molecule has 0 saturated carbocycles. The molecule has 0 bridgehead atoms. The number of aromatic nitrogens is 1. The van der Waals surface area contributed by atoms with Gasteiger partial charge in [-0.3, -0.25) is 0 Å². The Balaban J connectivity index is 2.36. The van der Waals surface area contributed by atoms with Crippen LogP contribution in [-0.2, 0) is 6.54 Å². The Morgan fingerprint density at radius 2 is 2.06 bits per heavy atom. The molecule has 2 aromatic rings. The van der Waals surface area contributed by atoms with E-state index in [4.69, 9.17) is 10.5 Å². The molecule has 0 aliphatic heterocycles. The average Bonchev–Trinajstić information content (AvgIpc) is 2.36. The average molecular weight is 315 g/mol. The van der Waals surface area contributed by atoms with Crippen molar-refractivity contribution in [3.05, 3.63) is 52.1 Å². The molecule has 2 rings (SSSR count). The van der Waals surface area contributed by atoms with Crippen molar-refractivity contribution in [1.82, 2.24) is 4.98 Å². The van der Waals surface area contributed by atoms with Gasteiger partial charge in [-0.05, 0) is 24.3 Å². The summed E-state index contributed by atoms with van der Waals surface area (Å²) >= 11 is 3.21. The summed E-state index contributed by atoms with van der Waals surface area (Å²) in [5.41, 5.74) is 5.82. The minimum absolute atomic E-state index is 0.00168. The predicted molar refractivity (Wildman–Crippen MR) is 66.3 cm³/mol. The molecule has 0 unspecified atom stereocenters. The first-order valence-corrected chi connectivity index (χ1v) is 5.87. The molecule has 0 amide bonds. The molecule has 3 nitrogen and oxygen atoms in total. The summed E-state index contributed by atoms with van der Waals surface area (Å²) in [5, 5.41) is 0. The van der Waals surface area contributed by atoms with E-state index in [-0.39, 0.29) is 18.2 Å². The van der Waals surface area contributed by atoms with Crippen LogP contribution in [0.25, 0.3) is 0 Å². The van der Waals surface area contributed by atoms with Crippen molar-refractivity contribution < 1.29 is 13.5 Å². The molecule has 0 aliphatic rings. The van der Waals surface area contributed by atoms with Gasteiger partial charge in [0.25, 0.3) is 0 Å². The second-order valence-electron chi connectivity index (χ2n) is 3.50. The third-order valence-electron chi connectivity index (χ3n) is 2.21. The first kappa shape index (κ1) is 12.9. The van der Waals surface area contributed by atoms with Crippen molar-refractivity contribution in [2.75, 3.05) is 0 Å². The number of hydrogen-bond donors (Lipinski definition) is 1. The minimum Gasteiger partial charge on any atom is -0.436 e. The molecule has 0 radical (unpaired) electrons. The summed E-state index contributed by atoms with van der Waals surface area (Å²) in [4.78, 5) is 3.76. The Hall–Kier alpha value is -1.53. The third kappa shape index (κ3) is 2.83. The van der Waals surface area contributed by atoms with E-state index in [0.717, 1.165) is 6.20 Å². The largest absolute Gasteiger partial charge is 0.436 e. The lowest BCUT2D eigenvalue weighted by molar-refractivity contribution is 0.419. The van der Waals surface area contributed by atoms with Crippen LogP contribution in [0.15, 0.2) is 34.9 Å². The van der Waals surface area contributed by atoms with E-state index < -0.39 is 11.6 Å². The second kappa shape index (κ2) is 5.41. The van der Waals surface area contributed by atoms with Crippen LogP contribution < -0.4 is 10.5 Å². The molecule has 2 N–H and O–H groups in total. The van der Waals surface area contributed by atoms with E-state index in [1.165, 1.54) is 18.2 Å². The highest BCUT2D eigenvalue weighted by atomic mass is 79.9. The SMILES string of the molecule is NCc1cc(F)cnc1Oc1cc(Br)ccc1F. The highest BCUT2D eigenvalue weighted by Crippen LogP contribution is 2.28. The van der Waals surface area contributed by atoms with E-state index in [2.05, 4.69) is 20.9 Å². The van der Waals surface area contributed by atoms with Crippen LogP contribution in [0, 0.1) is 11.6 Å². The van der Waals surface area contributed by atoms with Crippen molar-refractivity contribution in [3.63, 3.8) is 0 Å². The molecule has 6 heteroatoms. The topological polar surface area (TPSA) is 48.1 Å². The molecule has 1 aromatic heterocycles. The van der Waals surface area contributed by atoms with Gasteiger partial charge in [-0.2, -0.15) is 0 Å². The van der Waals surface area contributed by atoms with Crippen LogP contribution in [0.3, 0.4) is 0 Å². The lowest BCUT2D eigenvalue weighted by Crippen LogP contribution is -2.02. The van der Waals surface area contributed by atoms with E-state index in [1.807, 2.05) is 0 Å². The van der Waals surface area contributed by atoms with Crippen LogP contribution in [0.4, 0.5) is 8.78 Å². The second-order valence-corrected chi connectivity index (χ2v) is 4.41. The summed E-state index contributed by atoms with van der Waals surface area (Å²) in [6, 6.07) is 5.47. The molecule has 0 saturated heterocycles. The number of rotatable bonds is 3. The zero-order valence-electron chi connectivity index (χ0n) is 9.16. The standard InChI is InChI=1S/C12H9BrF2N2O/c13-8-1-2-10(15)11(4-8)18-12-7(5-16)3-9(14)6-17-12/h1-4,6H,5,16H2. The van der Waals surface area contributed by atoms with Crippen LogP contribution >= 0.6 is 15.9 Å². The lowest BCUT2D eigenvalue weighted by atomic mass is 10.2. The fourth-order valence-corrected chi connectivity index (χ4v) is 1.71. The quantitative estimate of drug-likeness (QED) is 0.945. The lowest BCUT2D eigenvalue weighted by Gasteiger charge is -2.09. The zero-order chi connectivity index (χ0) is 13.1. The normalized spacial score (nSPS) is 10.4. The maximum atomic E-state index is 13.5. The number of ether oxygens (including phenoxy) is 1. The fraction of sp³-hybridized carbons (Fsp3) is 0.0833. The first-order chi connectivity index (χ1) is 8.60. The number of pyridine rings is 1. The monoisotopic (exact) mass is 314 g/mol. The van der Waals surface area contributed by atoms with Gasteiger partial charge in [0.2, 0.25) is 5.88 Å². The molecule has 18 heavy (non-hydrogen) atoms. The van der Waals surface area contributed by atoms with Crippen molar-refractivity contribution in [2.45, 2.75) is 6.54 Å². The summed E-state index contributed by atoms with van der Waals surface area (Å²) in [6.45, 7) is 0.0513. The minimum atomic E-state index is -0.535. The molecule has 0 fully saturated rings. The summed E-state index contributed by atoms with van der Waals surface area (Å²) in [6.07, 6.45) is 0.990. The van der Waals surface area contributed by atoms with E-state index >= 15 is 0 Å². The van der Waals surface area contributed by atoms with E-state index in [1.54, 1.807) is 6.07 Å². The number of nitrogens with zero attached hydrogens (tertiary/aromatic N) is 1. The highest BCUT2D eigenvalue weighted by molar-refractivity contribution is 9.10. The van der Waals surface area contributed by atoms with Gasteiger partial charge in [0.05, 0.1) is 6.20 Å². The van der Waals surface area contributed by atoms with Gasteiger partial charge in [-0.1, -0.05) is 15.9 Å². The Bertz CT molecular complexity index is 578. The van der Waals surface area contributed by atoms with Gasteiger partial charge in [-0.25, -0.2) is 13.8 Å². The van der Waals surface area contributed by atoms with Gasteiger partial charge in [-0.15, -0.1) is 0 Å². The van der Waals surface area contributed by atoms with E-state index in [9.17, 15) is 8.78 Å². The van der Waals surface area contributed by atoms with Gasteiger partial charge >= 0.3 is 0 Å². The number of benzene rings is 1. The van der Waals surface area contributed by atoms with Crippen LogP contribution in [0.1, 0.15) is 5.56 Å². The Kier molecular flexibility index (Phi) is 3.88. The van der Waals surface area contributed by atoms with E-state index in [0.29, 0.717) is 10.0 Å². The van der Waals surface area contributed by atoms with Crippen molar-refractivity contribution in [2.24, 2.45) is 5.73 Å². The highest BCUT2D eigenvalue weighted by Gasteiger charge is 2.10. The maximum absolute atomic E-state index is 13.5. The smallest absolute Gasteiger partial charge is 0.224 e. The summed E-state index contributed by atoms with van der Waals surface area (Å²) in [5.74, 6) is -0.959. The van der Waals surface area contributed by atoms with Gasteiger partial charge in [0, 0.05) is 16.6 Å². The molecule has 1 aromatic carbocycles. The molecule has 0 spiro atoms. The van der Waals surface area contributed by atoms with Crippen LogP contribution in [0.2, 0.25) is 0 Å². The predicted octanol–water partition coefficient (Wildman–Crippen LogP) is 3.37. The molecular weight excluding hydrogens is 306 g/mol. The number of hydrogen-bond acceptors (Lipinski definition) is 3. The number of nitrogens with two attached hydrogens (primary N) is 1. The van der Waals surface area contributed by atoms with Gasteiger partial charge in [0.15, 0.2) is 11.6 Å². The van der Waals surface area contributed by atoms with Crippen LogP contribution in [-0.4, -0.2) is 4.98 Å². The molecule has 94 valence electrons. The fourth-order valence-electron chi connectivity index (χ4n) is 1.37. The Morgan fingerprint density at radius 3 is 2.78 bits per heavy atom. The molecule has 0 atom stereocenters. The Labute approximate surface area is 111 Å². The summed E-state index contributed by atoms with van der Waals surface area (Å²) in [7, 11) is 0. The Morgan fingerprint density at radius 1 is 1.28 bits per heavy atom. The summed E-state index contributed by atoms with van der Waals surface area (Å²) < 4.78 is 32.4. The molecule has 1 heterocycles.